The summed E-state index contributed by atoms with van der Waals surface area (Å²) >= 11 is 0. The largest absolute Gasteiger partial charge is 0.617 e. The van der Waals surface area contributed by atoms with Gasteiger partial charge in [-0.1, -0.05) is 30.3 Å². The van der Waals surface area contributed by atoms with Crippen LogP contribution in [0.15, 0.2) is 41.5 Å². The third kappa shape index (κ3) is 3.57. The van der Waals surface area contributed by atoms with Gasteiger partial charge in [-0.05, 0) is 12.5 Å². The first-order valence-corrected chi connectivity index (χ1v) is 6.72. The molecule has 114 valence electrons. The first-order chi connectivity index (χ1) is 10.6. The van der Waals surface area contributed by atoms with Crippen LogP contribution in [-0.2, 0) is 11.3 Å². The lowest BCUT2D eigenvalue weighted by molar-refractivity contribution is -0.609. The van der Waals surface area contributed by atoms with Gasteiger partial charge in [0, 0.05) is 0 Å². The second-order valence-electron chi connectivity index (χ2n) is 4.39. The summed E-state index contributed by atoms with van der Waals surface area (Å²) in [7, 11) is 0. The predicted molar refractivity (Wildman–Crippen MR) is 81.3 cm³/mol. The number of hydrogen-bond donors (Lipinski definition) is 1. The van der Waals surface area contributed by atoms with E-state index < -0.39 is 5.97 Å². The number of hydrogen-bond acceptors (Lipinski definition) is 6. The van der Waals surface area contributed by atoms with E-state index in [0.717, 1.165) is 5.56 Å². The molecule has 1 aromatic carbocycles. The highest BCUT2D eigenvalue weighted by Crippen LogP contribution is 2.06. The molecule has 22 heavy (non-hydrogen) atoms. The number of esters is 1. The van der Waals surface area contributed by atoms with E-state index in [0.29, 0.717) is 11.3 Å². The molecular weight excluding hydrogens is 284 g/mol. The van der Waals surface area contributed by atoms with E-state index in [-0.39, 0.29) is 23.8 Å². The number of rotatable bonds is 5. The SMILES string of the molecule is CCOC(=O)c1c(N)ncc(/C=N/Cc2ccccc2)[n+]1[O-]. The minimum absolute atomic E-state index is 0.119. The zero-order chi connectivity index (χ0) is 15.9. The summed E-state index contributed by atoms with van der Waals surface area (Å²) < 4.78 is 5.18. The highest BCUT2D eigenvalue weighted by atomic mass is 16.5. The average Bonchev–Trinajstić information content (AvgIpc) is 2.51. The van der Waals surface area contributed by atoms with Crippen molar-refractivity contribution in [2.45, 2.75) is 13.5 Å². The maximum absolute atomic E-state index is 12.2. The second kappa shape index (κ2) is 7.16. The Labute approximate surface area is 127 Å². The van der Waals surface area contributed by atoms with E-state index in [4.69, 9.17) is 10.5 Å². The van der Waals surface area contributed by atoms with Crippen LogP contribution < -0.4 is 10.5 Å². The molecule has 0 amide bonds. The van der Waals surface area contributed by atoms with Crippen LogP contribution in [0.3, 0.4) is 0 Å². The Hall–Kier alpha value is -2.96. The fourth-order valence-electron chi connectivity index (χ4n) is 1.78. The molecule has 0 spiro atoms. The van der Waals surface area contributed by atoms with E-state index in [9.17, 15) is 10.0 Å². The lowest BCUT2D eigenvalue weighted by Crippen LogP contribution is -2.41. The number of ether oxygens (including phenoxy) is 1. The summed E-state index contributed by atoms with van der Waals surface area (Å²) in [5.41, 5.74) is 6.36. The normalized spacial score (nSPS) is 10.8. The van der Waals surface area contributed by atoms with Crippen molar-refractivity contribution in [1.82, 2.24) is 4.98 Å². The second-order valence-corrected chi connectivity index (χ2v) is 4.39. The van der Waals surface area contributed by atoms with Crippen molar-refractivity contribution in [2.24, 2.45) is 4.99 Å². The predicted octanol–water partition coefficient (Wildman–Crippen LogP) is 1.09. The monoisotopic (exact) mass is 300 g/mol. The maximum atomic E-state index is 12.2. The minimum Gasteiger partial charge on any atom is -0.617 e. The van der Waals surface area contributed by atoms with E-state index in [1.165, 1.54) is 12.4 Å². The van der Waals surface area contributed by atoms with Crippen LogP contribution in [0.1, 0.15) is 28.7 Å². The number of carbonyl (C=O) groups is 1. The summed E-state index contributed by atoms with van der Waals surface area (Å²) in [5, 5.41) is 12.2. The first-order valence-electron chi connectivity index (χ1n) is 6.72. The Balaban J connectivity index is 2.21. The molecule has 0 saturated heterocycles. The van der Waals surface area contributed by atoms with Gasteiger partial charge in [0.25, 0.3) is 5.69 Å². The van der Waals surface area contributed by atoms with Gasteiger partial charge in [0.05, 0.1) is 19.4 Å². The third-order valence-corrected chi connectivity index (χ3v) is 2.83. The number of aromatic nitrogens is 2. The van der Waals surface area contributed by atoms with Crippen LogP contribution in [0.4, 0.5) is 5.82 Å². The number of aliphatic imine (C=N–C) groups is 1. The average molecular weight is 300 g/mol. The van der Waals surface area contributed by atoms with Crippen LogP contribution in [-0.4, -0.2) is 23.8 Å². The molecule has 0 fully saturated rings. The Morgan fingerprint density at radius 2 is 2.18 bits per heavy atom. The molecule has 7 heteroatoms. The molecule has 2 N–H and O–H groups in total. The van der Waals surface area contributed by atoms with Crippen LogP contribution >= 0.6 is 0 Å². The molecule has 0 saturated carbocycles. The smallest absolute Gasteiger partial charge is 0.409 e. The van der Waals surface area contributed by atoms with Gasteiger partial charge in [0.1, 0.15) is 6.20 Å². The van der Waals surface area contributed by atoms with Crippen molar-refractivity contribution in [2.75, 3.05) is 12.3 Å². The van der Waals surface area contributed by atoms with Crippen LogP contribution in [0.2, 0.25) is 0 Å². The molecule has 1 heterocycles. The minimum atomic E-state index is -0.805. The van der Waals surface area contributed by atoms with Gasteiger partial charge in [-0.25, -0.2) is 9.78 Å². The van der Waals surface area contributed by atoms with Crippen molar-refractivity contribution in [1.29, 1.82) is 0 Å². The summed E-state index contributed by atoms with van der Waals surface area (Å²) in [6.07, 6.45) is 2.62. The molecule has 2 aromatic rings. The fourth-order valence-corrected chi connectivity index (χ4v) is 1.78. The van der Waals surface area contributed by atoms with Gasteiger partial charge in [0.15, 0.2) is 0 Å². The van der Waals surface area contributed by atoms with Crippen molar-refractivity contribution >= 4 is 18.0 Å². The van der Waals surface area contributed by atoms with Crippen molar-refractivity contribution in [3.05, 3.63) is 58.7 Å². The lowest BCUT2D eigenvalue weighted by Gasteiger charge is -2.07. The number of nitrogens with zero attached hydrogens (tertiary/aromatic N) is 3. The Morgan fingerprint density at radius 1 is 1.45 bits per heavy atom. The zero-order valence-electron chi connectivity index (χ0n) is 12.1. The molecule has 0 aliphatic carbocycles. The Morgan fingerprint density at radius 3 is 2.86 bits per heavy atom. The molecule has 0 aliphatic heterocycles. The fraction of sp³-hybridized carbons (Fsp3) is 0.200. The van der Waals surface area contributed by atoms with Crippen LogP contribution in [0.25, 0.3) is 0 Å². The van der Waals surface area contributed by atoms with E-state index in [1.54, 1.807) is 6.92 Å². The zero-order valence-corrected chi connectivity index (χ0v) is 12.1. The molecule has 0 radical (unpaired) electrons. The number of anilines is 1. The quantitative estimate of drug-likeness (QED) is 0.385. The summed E-state index contributed by atoms with van der Waals surface area (Å²) in [6, 6.07) is 9.57. The van der Waals surface area contributed by atoms with E-state index >= 15 is 0 Å². The molecule has 0 bridgehead atoms. The van der Waals surface area contributed by atoms with E-state index in [1.807, 2.05) is 30.3 Å². The van der Waals surface area contributed by atoms with Gasteiger partial charge in [-0.15, -0.1) is 0 Å². The number of nitrogens with two attached hydrogens (primary N) is 1. The van der Waals surface area contributed by atoms with Crippen molar-refractivity contribution in [3.63, 3.8) is 0 Å². The Kier molecular flexibility index (Phi) is 5.02. The third-order valence-electron chi connectivity index (χ3n) is 2.83. The molecule has 0 aliphatic rings. The van der Waals surface area contributed by atoms with E-state index in [2.05, 4.69) is 9.98 Å². The lowest BCUT2D eigenvalue weighted by atomic mass is 10.2. The number of carbonyl (C=O) groups excluding carboxylic acids is 1. The highest BCUT2D eigenvalue weighted by molar-refractivity contribution is 5.90. The summed E-state index contributed by atoms with van der Waals surface area (Å²) in [5.74, 6) is -0.977. The number of benzene rings is 1. The molecule has 2 rings (SSSR count). The molecule has 7 nitrogen and oxygen atoms in total. The van der Waals surface area contributed by atoms with Gasteiger partial charge < -0.3 is 15.7 Å². The summed E-state index contributed by atoms with van der Waals surface area (Å²) in [4.78, 5) is 19.7. The van der Waals surface area contributed by atoms with Gasteiger partial charge in [0.2, 0.25) is 5.82 Å². The maximum Gasteiger partial charge on any atom is 0.409 e. The summed E-state index contributed by atoms with van der Waals surface area (Å²) in [6.45, 7) is 2.20. The first kappa shape index (κ1) is 15.4. The highest BCUT2D eigenvalue weighted by Gasteiger charge is 2.25. The van der Waals surface area contributed by atoms with Gasteiger partial charge in [-0.2, -0.15) is 4.73 Å². The molecule has 0 unspecified atom stereocenters. The number of nitrogen functional groups attached to an aromatic ring is 1. The van der Waals surface area contributed by atoms with Crippen molar-refractivity contribution in [3.8, 4) is 0 Å². The van der Waals surface area contributed by atoms with Gasteiger partial charge >= 0.3 is 11.7 Å². The van der Waals surface area contributed by atoms with Crippen molar-refractivity contribution < 1.29 is 14.3 Å². The van der Waals surface area contributed by atoms with Gasteiger partial charge in [-0.3, -0.25) is 4.99 Å². The van der Waals surface area contributed by atoms with Crippen LogP contribution in [0.5, 0.6) is 0 Å². The standard InChI is InChI=1S/C15H16N4O3/c1-2-22-15(20)13-14(16)18-10-12(19(13)21)9-17-8-11-6-4-3-5-7-11/h3-7,9-10H,2,8H2,1H3,(H2,16,18)/b17-9+. The molecule has 0 atom stereocenters. The Bertz CT molecular complexity index is 687. The topological polar surface area (TPSA) is 105 Å². The molecular formula is C15H16N4O3. The molecule has 1 aromatic heterocycles. The van der Waals surface area contributed by atoms with Crippen LogP contribution in [0, 0.1) is 5.21 Å².